The van der Waals surface area contributed by atoms with E-state index in [2.05, 4.69) is 36.5 Å². The van der Waals surface area contributed by atoms with Gasteiger partial charge in [0.1, 0.15) is 0 Å². The molecule has 0 saturated carbocycles. The molecule has 0 aliphatic rings. The molecule has 1 aromatic carbocycles. The summed E-state index contributed by atoms with van der Waals surface area (Å²) in [5.41, 5.74) is 1.39. The minimum Gasteiger partial charge on any atom is -0.394 e. The number of hydrogen-bond donors (Lipinski definition) is 2. The van der Waals surface area contributed by atoms with Gasteiger partial charge in [0.2, 0.25) is 0 Å². The molecule has 0 radical (unpaired) electrons. The number of nitrogens with one attached hydrogen (secondary N) is 1. The van der Waals surface area contributed by atoms with Crippen molar-refractivity contribution < 1.29 is 9.84 Å². The second-order valence-corrected chi connectivity index (χ2v) is 4.19. The number of rotatable bonds is 9. The van der Waals surface area contributed by atoms with Crippen molar-refractivity contribution in [2.24, 2.45) is 0 Å². The lowest BCUT2D eigenvalue weighted by molar-refractivity contribution is 0.0939. The minimum absolute atomic E-state index is 0.102. The molecule has 0 spiro atoms. The first-order chi connectivity index (χ1) is 8.34. The van der Waals surface area contributed by atoms with Crippen LogP contribution in [-0.2, 0) is 4.74 Å². The van der Waals surface area contributed by atoms with E-state index in [9.17, 15) is 0 Å². The van der Waals surface area contributed by atoms with Crippen molar-refractivity contribution in [3.63, 3.8) is 0 Å². The number of aliphatic hydroxyl groups excluding tert-OH is 1. The molecule has 0 heterocycles. The number of hydrogen-bond acceptors (Lipinski definition) is 3. The first-order valence-electron chi connectivity index (χ1n) is 6.29. The van der Waals surface area contributed by atoms with E-state index in [4.69, 9.17) is 9.84 Å². The normalized spacial score (nSPS) is 12.6. The van der Waals surface area contributed by atoms with Gasteiger partial charge in [-0.05, 0) is 24.4 Å². The molecule has 0 fully saturated rings. The molecule has 2 N–H and O–H groups in total. The van der Waals surface area contributed by atoms with Crippen LogP contribution in [0.1, 0.15) is 24.8 Å². The summed E-state index contributed by atoms with van der Waals surface area (Å²) in [4.78, 5) is 0. The number of ether oxygens (including phenoxy) is 1. The molecule has 1 aromatic rings. The molecular weight excluding hydrogens is 214 g/mol. The van der Waals surface area contributed by atoms with E-state index < -0.39 is 0 Å². The SMILES string of the molecule is CC(CCNCCOCCO)c1ccccc1. The highest BCUT2D eigenvalue weighted by atomic mass is 16.5. The average Bonchev–Trinajstić information content (AvgIpc) is 2.38. The van der Waals surface area contributed by atoms with Crippen LogP contribution in [0.15, 0.2) is 30.3 Å². The standard InChI is InChI=1S/C14H23NO2/c1-13(14-5-3-2-4-6-14)7-8-15-9-11-17-12-10-16/h2-6,13,15-16H,7-12H2,1H3. The lowest BCUT2D eigenvalue weighted by atomic mass is 9.98. The van der Waals surface area contributed by atoms with Gasteiger partial charge in [-0.3, -0.25) is 0 Å². The van der Waals surface area contributed by atoms with Gasteiger partial charge in [0.25, 0.3) is 0 Å². The Labute approximate surface area is 104 Å². The van der Waals surface area contributed by atoms with Crippen molar-refractivity contribution in [2.45, 2.75) is 19.3 Å². The summed E-state index contributed by atoms with van der Waals surface area (Å²) < 4.78 is 5.16. The first-order valence-corrected chi connectivity index (χ1v) is 6.29. The summed E-state index contributed by atoms with van der Waals surface area (Å²) in [6, 6.07) is 10.6. The zero-order chi connectivity index (χ0) is 12.3. The Morgan fingerprint density at radius 2 is 1.94 bits per heavy atom. The Kier molecular flexibility index (Phi) is 7.63. The fraction of sp³-hybridized carbons (Fsp3) is 0.571. The van der Waals surface area contributed by atoms with Crippen molar-refractivity contribution >= 4 is 0 Å². The second kappa shape index (κ2) is 9.16. The van der Waals surface area contributed by atoms with Crippen molar-refractivity contribution in [2.75, 3.05) is 32.9 Å². The third-order valence-corrected chi connectivity index (χ3v) is 2.78. The van der Waals surface area contributed by atoms with Gasteiger partial charge < -0.3 is 15.2 Å². The van der Waals surface area contributed by atoms with Crippen LogP contribution in [-0.4, -0.2) is 38.0 Å². The lowest BCUT2D eigenvalue weighted by Gasteiger charge is -2.12. The quantitative estimate of drug-likeness (QED) is 0.643. The van der Waals surface area contributed by atoms with Crippen LogP contribution in [0.2, 0.25) is 0 Å². The molecule has 3 heteroatoms. The first kappa shape index (κ1) is 14.2. The third kappa shape index (κ3) is 6.41. The van der Waals surface area contributed by atoms with Gasteiger partial charge >= 0.3 is 0 Å². The van der Waals surface area contributed by atoms with E-state index in [1.165, 1.54) is 5.56 Å². The van der Waals surface area contributed by atoms with Crippen molar-refractivity contribution in [3.8, 4) is 0 Å². The van der Waals surface area contributed by atoms with Crippen molar-refractivity contribution in [1.29, 1.82) is 0 Å². The third-order valence-electron chi connectivity index (χ3n) is 2.78. The molecule has 96 valence electrons. The molecule has 1 unspecified atom stereocenters. The average molecular weight is 237 g/mol. The highest BCUT2D eigenvalue weighted by Gasteiger charge is 2.03. The fourth-order valence-electron chi connectivity index (χ4n) is 1.70. The van der Waals surface area contributed by atoms with E-state index >= 15 is 0 Å². The van der Waals surface area contributed by atoms with E-state index in [0.717, 1.165) is 19.5 Å². The zero-order valence-electron chi connectivity index (χ0n) is 10.6. The van der Waals surface area contributed by atoms with Crippen LogP contribution in [0.25, 0.3) is 0 Å². The van der Waals surface area contributed by atoms with E-state index in [0.29, 0.717) is 19.1 Å². The summed E-state index contributed by atoms with van der Waals surface area (Å²) in [5.74, 6) is 0.585. The smallest absolute Gasteiger partial charge is 0.0698 e. The molecule has 3 nitrogen and oxygen atoms in total. The van der Waals surface area contributed by atoms with Gasteiger partial charge in [0.15, 0.2) is 0 Å². The summed E-state index contributed by atoms with van der Waals surface area (Å²) in [5, 5.41) is 11.9. The van der Waals surface area contributed by atoms with Crippen LogP contribution < -0.4 is 5.32 Å². The minimum atomic E-state index is 0.102. The molecule has 0 aromatic heterocycles. The number of benzene rings is 1. The van der Waals surface area contributed by atoms with Crippen LogP contribution in [0.5, 0.6) is 0 Å². The van der Waals surface area contributed by atoms with Crippen molar-refractivity contribution in [1.82, 2.24) is 5.32 Å². The highest BCUT2D eigenvalue weighted by Crippen LogP contribution is 2.17. The summed E-state index contributed by atoms with van der Waals surface area (Å²) >= 11 is 0. The number of aliphatic hydroxyl groups is 1. The molecule has 0 bridgehead atoms. The highest BCUT2D eigenvalue weighted by molar-refractivity contribution is 5.18. The van der Waals surface area contributed by atoms with Gasteiger partial charge in [-0.25, -0.2) is 0 Å². The molecule has 0 amide bonds. The Balaban J connectivity index is 2.03. The fourth-order valence-corrected chi connectivity index (χ4v) is 1.70. The topological polar surface area (TPSA) is 41.5 Å². The lowest BCUT2D eigenvalue weighted by Crippen LogP contribution is -2.22. The molecule has 1 rings (SSSR count). The van der Waals surface area contributed by atoms with Crippen LogP contribution in [0.4, 0.5) is 0 Å². The Hall–Kier alpha value is -0.900. The zero-order valence-corrected chi connectivity index (χ0v) is 10.6. The van der Waals surface area contributed by atoms with Gasteiger partial charge in [0, 0.05) is 6.54 Å². The summed E-state index contributed by atoms with van der Waals surface area (Å²) in [7, 11) is 0. The summed E-state index contributed by atoms with van der Waals surface area (Å²) in [6.45, 7) is 5.30. The van der Waals surface area contributed by atoms with E-state index in [1.54, 1.807) is 0 Å². The van der Waals surface area contributed by atoms with Gasteiger partial charge in [-0.1, -0.05) is 37.3 Å². The van der Waals surface area contributed by atoms with Gasteiger partial charge in [-0.15, -0.1) is 0 Å². The maximum Gasteiger partial charge on any atom is 0.0698 e. The Morgan fingerprint density at radius 3 is 2.65 bits per heavy atom. The van der Waals surface area contributed by atoms with Crippen molar-refractivity contribution in [3.05, 3.63) is 35.9 Å². The maximum absolute atomic E-state index is 8.52. The molecule has 1 atom stereocenters. The molecule has 0 aliphatic heterocycles. The maximum atomic E-state index is 8.52. The van der Waals surface area contributed by atoms with Crippen LogP contribution in [0.3, 0.4) is 0 Å². The van der Waals surface area contributed by atoms with E-state index in [-0.39, 0.29) is 6.61 Å². The van der Waals surface area contributed by atoms with Crippen LogP contribution in [0, 0.1) is 0 Å². The van der Waals surface area contributed by atoms with E-state index in [1.807, 2.05) is 6.07 Å². The molecule has 17 heavy (non-hydrogen) atoms. The Morgan fingerprint density at radius 1 is 1.18 bits per heavy atom. The molecule has 0 saturated heterocycles. The van der Waals surface area contributed by atoms with Gasteiger partial charge in [-0.2, -0.15) is 0 Å². The second-order valence-electron chi connectivity index (χ2n) is 4.19. The predicted molar refractivity (Wildman–Crippen MR) is 70.2 cm³/mol. The van der Waals surface area contributed by atoms with Crippen LogP contribution >= 0.6 is 0 Å². The largest absolute Gasteiger partial charge is 0.394 e. The monoisotopic (exact) mass is 237 g/mol. The van der Waals surface area contributed by atoms with Gasteiger partial charge in [0.05, 0.1) is 19.8 Å². The summed E-state index contributed by atoms with van der Waals surface area (Å²) in [6.07, 6.45) is 1.13. The predicted octanol–water partition coefficient (Wildman–Crippen LogP) is 1.78. The molecule has 0 aliphatic carbocycles. The molecular formula is C14H23NO2. The Bertz CT molecular complexity index is 277.